The van der Waals surface area contributed by atoms with Gasteiger partial charge in [0.1, 0.15) is 12.4 Å². The molecule has 2 aromatic rings. The fourth-order valence-electron chi connectivity index (χ4n) is 2.06. The molecule has 0 bridgehead atoms. The third-order valence-electron chi connectivity index (χ3n) is 3.20. The number of amides is 3. The van der Waals surface area contributed by atoms with E-state index >= 15 is 0 Å². The number of nitrogens with one attached hydrogen (secondary N) is 1. The lowest BCUT2D eigenvalue weighted by atomic mass is 10.3. The highest BCUT2D eigenvalue weighted by Crippen LogP contribution is 2.32. The molecule has 3 rings (SSSR count). The van der Waals surface area contributed by atoms with Crippen LogP contribution in [0.3, 0.4) is 0 Å². The maximum atomic E-state index is 13.1. The molecule has 1 N–H and O–H groups in total. The number of rotatable bonds is 4. The Labute approximate surface area is 155 Å². The Morgan fingerprint density at radius 2 is 2.12 bits per heavy atom. The quantitative estimate of drug-likeness (QED) is 0.786. The maximum Gasteiger partial charge on any atom is 0.294 e. The number of benzene rings is 1. The molecule has 1 aliphatic rings. The number of carbonyl (C=O) groups excluding carboxylic acids is 3. The van der Waals surface area contributed by atoms with Crippen molar-refractivity contribution in [3.05, 3.63) is 56.3 Å². The first-order valence-corrected chi connectivity index (χ1v) is 9.05. The summed E-state index contributed by atoms with van der Waals surface area (Å²) in [4.78, 5) is 38.3. The number of hydrogen-bond donors (Lipinski definition) is 1. The Morgan fingerprint density at radius 3 is 2.80 bits per heavy atom. The minimum atomic E-state index is -0.607. The molecule has 9 heteroatoms. The molecule has 1 aliphatic heterocycles. The Morgan fingerprint density at radius 1 is 1.32 bits per heavy atom. The zero-order valence-electron chi connectivity index (χ0n) is 12.5. The molecule has 0 spiro atoms. The maximum absolute atomic E-state index is 13.1. The average molecular weight is 397 g/mol. The van der Waals surface area contributed by atoms with Crippen LogP contribution in [0.2, 0.25) is 5.02 Å². The molecule has 1 aromatic heterocycles. The highest BCUT2D eigenvalue weighted by molar-refractivity contribution is 8.18. The van der Waals surface area contributed by atoms with Gasteiger partial charge in [-0.15, -0.1) is 11.3 Å². The van der Waals surface area contributed by atoms with Crippen molar-refractivity contribution in [1.29, 1.82) is 0 Å². The summed E-state index contributed by atoms with van der Waals surface area (Å²) in [5, 5.41) is 3.68. The highest BCUT2D eigenvalue weighted by Gasteiger charge is 2.36. The van der Waals surface area contributed by atoms with Crippen LogP contribution in [-0.2, 0) is 9.59 Å². The second-order valence-corrected chi connectivity index (χ2v) is 7.34. The molecule has 2 heterocycles. The Kier molecular flexibility index (Phi) is 5.22. The fraction of sp³-hybridized carbons (Fsp3) is 0.0625. The topological polar surface area (TPSA) is 66.5 Å². The molecule has 3 amide bonds. The summed E-state index contributed by atoms with van der Waals surface area (Å²) in [7, 11) is 0. The van der Waals surface area contributed by atoms with Gasteiger partial charge in [0.05, 0.1) is 9.93 Å². The van der Waals surface area contributed by atoms with Gasteiger partial charge in [0.25, 0.3) is 11.1 Å². The molecular formula is C16H10ClFN2O3S2. The summed E-state index contributed by atoms with van der Waals surface area (Å²) in [6.45, 7) is -0.429. The van der Waals surface area contributed by atoms with Gasteiger partial charge in [0.2, 0.25) is 5.91 Å². The monoisotopic (exact) mass is 396 g/mol. The lowest BCUT2D eigenvalue weighted by molar-refractivity contribution is -0.127. The van der Waals surface area contributed by atoms with Crippen molar-refractivity contribution in [3.63, 3.8) is 0 Å². The van der Waals surface area contributed by atoms with E-state index in [9.17, 15) is 18.8 Å². The van der Waals surface area contributed by atoms with Gasteiger partial charge < -0.3 is 5.32 Å². The first kappa shape index (κ1) is 17.7. The zero-order chi connectivity index (χ0) is 18.0. The molecule has 25 heavy (non-hydrogen) atoms. The molecule has 1 fully saturated rings. The van der Waals surface area contributed by atoms with Crippen molar-refractivity contribution in [2.75, 3.05) is 11.9 Å². The minimum absolute atomic E-state index is 0.136. The van der Waals surface area contributed by atoms with Crippen molar-refractivity contribution < 1.29 is 18.8 Å². The SMILES string of the molecule is O=C(CN1C(=O)S/C(=C\c2cccs2)C1=O)Nc1ccc(F)c(Cl)c1. The van der Waals surface area contributed by atoms with Gasteiger partial charge >= 0.3 is 0 Å². The van der Waals surface area contributed by atoms with Gasteiger partial charge in [-0.3, -0.25) is 19.3 Å². The van der Waals surface area contributed by atoms with Crippen LogP contribution in [-0.4, -0.2) is 28.5 Å². The zero-order valence-corrected chi connectivity index (χ0v) is 14.9. The Balaban J connectivity index is 1.67. The Hall–Kier alpha value is -2.16. The average Bonchev–Trinajstić information content (AvgIpc) is 3.15. The standard InChI is InChI=1S/C16H10ClFN2O3S2/c17-11-6-9(3-4-12(11)18)19-14(21)8-20-15(22)13(25-16(20)23)7-10-2-1-5-24-10/h1-7H,8H2,(H,19,21)/b13-7-. The molecule has 5 nitrogen and oxygen atoms in total. The van der Waals surface area contributed by atoms with Gasteiger partial charge in [0, 0.05) is 10.6 Å². The number of thioether (sulfide) groups is 1. The molecular weight excluding hydrogens is 387 g/mol. The number of anilines is 1. The molecule has 0 unspecified atom stereocenters. The third kappa shape index (κ3) is 4.09. The van der Waals surface area contributed by atoms with Crippen LogP contribution in [0.5, 0.6) is 0 Å². The smallest absolute Gasteiger partial charge is 0.294 e. The van der Waals surface area contributed by atoms with Crippen molar-refractivity contribution >= 4 is 63.5 Å². The number of halogens is 2. The van der Waals surface area contributed by atoms with E-state index in [0.717, 1.165) is 27.6 Å². The second kappa shape index (κ2) is 7.38. The lowest BCUT2D eigenvalue weighted by Gasteiger charge is -2.12. The molecule has 128 valence electrons. The van der Waals surface area contributed by atoms with Crippen LogP contribution in [0.15, 0.2) is 40.6 Å². The van der Waals surface area contributed by atoms with E-state index in [0.29, 0.717) is 0 Å². The summed E-state index contributed by atoms with van der Waals surface area (Å²) in [6.07, 6.45) is 1.62. The first-order chi connectivity index (χ1) is 11.9. The molecule has 1 saturated heterocycles. The summed E-state index contributed by atoms with van der Waals surface area (Å²) >= 11 is 7.87. The van der Waals surface area contributed by atoms with E-state index in [1.807, 2.05) is 17.5 Å². The normalized spacial score (nSPS) is 15.9. The van der Waals surface area contributed by atoms with E-state index in [1.54, 1.807) is 6.08 Å². The van der Waals surface area contributed by atoms with Crippen molar-refractivity contribution in [1.82, 2.24) is 4.90 Å². The van der Waals surface area contributed by atoms with Crippen LogP contribution in [0.1, 0.15) is 4.88 Å². The van der Waals surface area contributed by atoms with E-state index in [-0.39, 0.29) is 15.6 Å². The predicted molar refractivity (Wildman–Crippen MR) is 97.0 cm³/mol. The van der Waals surface area contributed by atoms with E-state index < -0.39 is 29.4 Å². The van der Waals surface area contributed by atoms with Gasteiger partial charge in [-0.1, -0.05) is 17.7 Å². The van der Waals surface area contributed by atoms with Crippen LogP contribution in [0, 0.1) is 5.82 Å². The second-order valence-electron chi connectivity index (χ2n) is 4.96. The van der Waals surface area contributed by atoms with Crippen molar-refractivity contribution in [2.45, 2.75) is 0 Å². The van der Waals surface area contributed by atoms with E-state index in [2.05, 4.69) is 5.32 Å². The number of nitrogens with zero attached hydrogens (tertiary/aromatic N) is 1. The molecule has 0 atom stereocenters. The minimum Gasteiger partial charge on any atom is -0.324 e. The van der Waals surface area contributed by atoms with Crippen LogP contribution in [0.4, 0.5) is 14.9 Å². The summed E-state index contributed by atoms with van der Waals surface area (Å²) in [5.41, 5.74) is 0.275. The summed E-state index contributed by atoms with van der Waals surface area (Å²) < 4.78 is 13.1. The van der Waals surface area contributed by atoms with Gasteiger partial charge in [-0.25, -0.2) is 4.39 Å². The molecule has 0 aliphatic carbocycles. The number of imide groups is 1. The number of hydrogen-bond acceptors (Lipinski definition) is 5. The van der Waals surface area contributed by atoms with Gasteiger partial charge in [-0.2, -0.15) is 0 Å². The van der Waals surface area contributed by atoms with E-state index in [1.165, 1.54) is 23.5 Å². The summed E-state index contributed by atoms with van der Waals surface area (Å²) in [6, 6.07) is 7.36. The van der Waals surface area contributed by atoms with Crippen LogP contribution < -0.4 is 5.32 Å². The third-order valence-corrected chi connectivity index (χ3v) is 5.21. The molecule has 1 aromatic carbocycles. The highest BCUT2D eigenvalue weighted by atomic mass is 35.5. The largest absolute Gasteiger partial charge is 0.324 e. The predicted octanol–water partition coefficient (Wildman–Crippen LogP) is 4.22. The lowest BCUT2D eigenvalue weighted by Crippen LogP contribution is -2.36. The van der Waals surface area contributed by atoms with Gasteiger partial charge in [0.15, 0.2) is 0 Å². The first-order valence-electron chi connectivity index (χ1n) is 6.98. The van der Waals surface area contributed by atoms with Crippen LogP contribution >= 0.6 is 34.7 Å². The van der Waals surface area contributed by atoms with E-state index in [4.69, 9.17) is 11.6 Å². The fourth-order valence-corrected chi connectivity index (χ4v) is 3.80. The van der Waals surface area contributed by atoms with Crippen molar-refractivity contribution in [3.8, 4) is 0 Å². The number of carbonyl (C=O) groups is 3. The molecule has 0 saturated carbocycles. The number of thiophene rings is 1. The van der Waals surface area contributed by atoms with Crippen molar-refractivity contribution in [2.24, 2.45) is 0 Å². The van der Waals surface area contributed by atoms with Gasteiger partial charge in [-0.05, 0) is 47.5 Å². The summed E-state index contributed by atoms with van der Waals surface area (Å²) in [5.74, 6) is -1.71. The molecule has 0 radical (unpaired) electrons. The Bertz CT molecular complexity index is 884. The van der Waals surface area contributed by atoms with Crippen LogP contribution in [0.25, 0.3) is 6.08 Å².